The van der Waals surface area contributed by atoms with Gasteiger partial charge in [0, 0.05) is 7.11 Å². The molecule has 1 atom stereocenters. The van der Waals surface area contributed by atoms with Gasteiger partial charge >= 0.3 is 0 Å². The Kier molecular flexibility index (Phi) is 5.11. The largest absolute Gasteiger partial charge is 0.382 e. The molecule has 0 saturated heterocycles. The molecule has 5 heteroatoms. The maximum atomic E-state index is 11.8. The van der Waals surface area contributed by atoms with E-state index in [1.54, 1.807) is 31.4 Å². The quantitative estimate of drug-likeness (QED) is 0.733. The van der Waals surface area contributed by atoms with Crippen molar-refractivity contribution in [3.8, 4) is 0 Å². The fourth-order valence-electron chi connectivity index (χ4n) is 1.21. The lowest BCUT2D eigenvalue weighted by molar-refractivity contribution is 0.0966. The van der Waals surface area contributed by atoms with Crippen LogP contribution >= 0.6 is 0 Å². The highest BCUT2D eigenvalue weighted by Crippen LogP contribution is 2.13. The lowest BCUT2D eigenvalue weighted by atomic mass is 10.2. The molecule has 0 aromatic heterocycles. The molecule has 0 heterocycles. The van der Waals surface area contributed by atoms with E-state index >= 15 is 0 Å². The predicted octanol–water partition coefficient (Wildman–Crippen LogP) is 2.13. The maximum Gasteiger partial charge on any atom is 0.296 e. The molecular formula is C12H18O4S. The van der Waals surface area contributed by atoms with Gasteiger partial charge in [-0.2, -0.15) is 8.42 Å². The van der Waals surface area contributed by atoms with Crippen molar-refractivity contribution in [1.29, 1.82) is 0 Å². The highest BCUT2D eigenvalue weighted by molar-refractivity contribution is 7.86. The van der Waals surface area contributed by atoms with Crippen LogP contribution in [-0.2, 0) is 19.0 Å². The molecule has 0 aliphatic carbocycles. The smallest absolute Gasteiger partial charge is 0.296 e. The zero-order valence-corrected chi connectivity index (χ0v) is 11.2. The van der Waals surface area contributed by atoms with Crippen LogP contribution in [-0.4, -0.2) is 28.2 Å². The number of ether oxygens (including phenoxy) is 1. The number of rotatable bonds is 6. The Balaban J connectivity index is 2.60. The summed E-state index contributed by atoms with van der Waals surface area (Å²) >= 11 is 0. The van der Waals surface area contributed by atoms with E-state index in [0.29, 0.717) is 6.42 Å². The monoisotopic (exact) mass is 258 g/mol. The summed E-state index contributed by atoms with van der Waals surface area (Å²) in [4.78, 5) is 0.188. The van der Waals surface area contributed by atoms with Crippen LogP contribution in [0.4, 0.5) is 0 Å². The van der Waals surface area contributed by atoms with Gasteiger partial charge in [-0.25, -0.2) is 0 Å². The van der Waals surface area contributed by atoms with Crippen molar-refractivity contribution in [3.05, 3.63) is 29.8 Å². The summed E-state index contributed by atoms with van der Waals surface area (Å²) in [5, 5.41) is 0. The Morgan fingerprint density at radius 3 is 2.35 bits per heavy atom. The minimum absolute atomic E-state index is 0.0109. The standard InChI is InChI=1S/C12H18O4S/c1-10-4-6-12(7-5-10)17(13,14)16-9-8-11(2)15-3/h4-7,11H,8-9H2,1-3H3/t11-/m0/s1. The average molecular weight is 258 g/mol. The van der Waals surface area contributed by atoms with E-state index < -0.39 is 10.1 Å². The van der Waals surface area contributed by atoms with Crippen molar-refractivity contribution in [2.24, 2.45) is 0 Å². The maximum absolute atomic E-state index is 11.8. The number of aryl methyl sites for hydroxylation is 1. The van der Waals surface area contributed by atoms with E-state index in [-0.39, 0.29) is 17.6 Å². The van der Waals surface area contributed by atoms with Gasteiger partial charge in [-0.05, 0) is 32.4 Å². The predicted molar refractivity (Wildman–Crippen MR) is 65.4 cm³/mol. The normalized spacial score (nSPS) is 13.6. The molecule has 17 heavy (non-hydrogen) atoms. The van der Waals surface area contributed by atoms with Crippen LogP contribution in [0.25, 0.3) is 0 Å². The Morgan fingerprint density at radius 1 is 1.24 bits per heavy atom. The van der Waals surface area contributed by atoms with Gasteiger partial charge in [-0.3, -0.25) is 4.18 Å². The Morgan fingerprint density at radius 2 is 1.82 bits per heavy atom. The van der Waals surface area contributed by atoms with Gasteiger partial charge in [0.2, 0.25) is 0 Å². The summed E-state index contributed by atoms with van der Waals surface area (Å²) in [6.07, 6.45) is 0.532. The van der Waals surface area contributed by atoms with E-state index in [2.05, 4.69) is 0 Å². The number of methoxy groups -OCH3 is 1. The fraction of sp³-hybridized carbons (Fsp3) is 0.500. The minimum Gasteiger partial charge on any atom is -0.382 e. The number of hydrogen-bond donors (Lipinski definition) is 0. The molecule has 0 N–H and O–H groups in total. The van der Waals surface area contributed by atoms with Crippen molar-refractivity contribution >= 4 is 10.1 Å². The van der Waals surface area contributed by atoms with Crippen LogP contribution < -0.4 is 0 Å². The third-order valence-electron chi connectivity index (χ3n) is 2.47. The topological polar surface area (TPSA) is 52.6 Å². The van der Waals surface area contributed by atoms with Gasteiger partial charge in [0.25, 0.3) is 10.1 Å². The van der Waals surface area contributed by atoms with Gasteiger partial charge in [0.05, 0.1) is 17.6 Å². The van der Waals surface area contributed by atoms with Crippen LogP contribution in [0, 0.1) is 6.92 Å². The van der Waals surface area contributed by atoms with Gasteiger partial charge in [0.1, 0.15) is 0 Å². The lowest BCUT2D eigenvalue weighted by Gasteiger charge is -2.09. The van der Waals surface area contributed by atoms with Crippen molar-refractivity contribution in [2.45, 2.75) is 31.3 Å². The summed E-state index contributed by atoms with van der Waals surface area (Å²) in [6, 6.07) is 6.58. The van der Waals surface area contributed by atoms with Gasteiger partial charge in [-0.15, -0.1) is 0 Å². The molecule has 0 amide bonds. The molecule has 0 unspecified atom stereocenters. The SMILES string of the molecule is CO[C@@H](C)CCOS(=O)(=O)c1ccc(C)cc1. The van der Waals surface area contributed by atoms with Crippen molar-refractivity contribution in [2.75, 3.05) is 13.7 Å². The Labute approximate surface area is 103 Å². The molecule has 0 aliphatic rings. The zero-order valence-electron chi connectivity index (χ0n) is 10.3. The highest BCUT2D eigenvalue weighted by Gasteiger charge is 2.15. The van der Waals surface area contributed by atoms with Crippen molar-refractivity contribution in [1.82, 2.24) is 0 Å². The van der Waals surface area contributed by atoms with Crippen LogP contribution in [0.5, 0.6) is 0 Å². The number of hydrogen-bond acceptors (Lipinski definition) is 4. The van der Waals surface area contributed by atoms with Gasteiger partial charge < -0.3 is 4.74 Å². The Hall–Kier alpha value is -0.910. The van der Waals surface area contributed by atoms with E-state index in [1.165, 1.54) is 0 Å². The highest BCUT2D eigenvalue weighted by atomic mass is 32.2. The first-order valence-corrected chi connectivity index (χ1v) is 6.85. The van der Waals surface area contributed by atoms with Gasteiger partial charge in [0.15, 0.2) is 0 Å². The fourth-order valence-corrected chi connectivity index (χ4v) is 2.14. The summed E-state index contributed by atoms with van der Waals surface area (Å²) in [5.41, 5.74) is 1.01. The molecule has 0 radical (unpaired) electrons. The first-order chi connectivity index (χ1) is 7.95. The van der Waals surface area contributed by atoms with E-state index in [0.717, 1.165) is 5.56 Å². The minimum atomic E-state index is -3.64. The first-order valence-electron chi connectivity index (χ1n) is 5.44. The summed E-state index contributed by atoms with van der Waals surface area (Å²) in [5.74, 6) is 0. The third-order valence-corrected chi connectivity index (χ3v) is 3.80. The molecule has 0 bridgehead atoms. The molecule has 96 valence electrons. The van der Waals surface area contributed by atoms with Crippen LogP contribution in [0.2, 0.25) is 0 Å². The summed E-state index contributed by atoms with van der Waals surface area (Å²) in [6.45, 7) is 3.89. The second-order valence-electron chi connectivity index (χ2n) is 3.92. The van der Waals surface area contributed by atoms with Crippen molar-refractivity contribution < 1.29 is 17.3 Å². The molecule has 0 saturated carbocycles. The van der Waals surface area contributed by atoms with Crippen LogP contribution in [0.3, 0.4) is 0 Å². The van der Waals surface area contributed by atoms with Crippen LogP contribution in [0.15, 0.2) is 29.2 Å². The number of benzene rings is 1. The third kappa shape index (κ3) is 4.46. The first kappa shape index (κ1) is 14.2. The average Bonchev–Trinajstić information content (AvgIpc) is 2.29. The zero-order chi connectivity index (χ0) is 12.9. The van der Waals surface area contributed by atoms with Gasteiger partial charge in [-0.1, -0.05) is 17.7 Å². The molecular weight excluding hydrogens is 240 g/mol. The van der Waals surface area contributed by atoms with Crippen molar-refractivity contribution in [3.63, 3.8) is 0 Å². The molecule has 1 rings (SSSR count). The lowest BCUT2D eigenvalue weighted by Crippen LogP contribution is -2.13. The van der Waals surface area contributed by atoms with E-state index in [9.17, 15) is 8.42 Å². The molecule has 0 spiro atoms. The molecule has 1 aromatic rings. The molecule has 0 fully saturated rings. The van der Waals surface area contributed by atoms with E-state index in [4.69, 9.17) is 8.92 Å². The second kappa shape index (κ2) is 6.14. The molecule has 4 nitrogen and oxygen atoms in total. The summed E-state index contributed by atoms with van der Waals surface area (Å²) in [7, 11) is -2.05. The molecule has 0 aliphatic heterocycles. The Bertz CT molecular complexity index is 436. The molecule has 1 aromatic carbocycles. The summed E-state index contributed by atoms with van der Waals surface area (Å²) < 4.78 is 33.4. The van der Waals surface area contributed by atoms with Crippen LogP contribution in [0.1, 0.15) is 18.9 Å². The second-order valence-corrected chi connectivity index (χ2v) is 5.54. The van der Waals surface area contributed by atoms with E-state index in [1.807, 2.05) is 13.8 Å².